The van der Waals surface area contributed by atoms with Crippen LogP contribution in [0, 0.1) is 3.57 Å². The minimum Gasteiger partial charge on any atom is -0.324 e. The molecule has 1 fully saturated rings. The van der Waals surface area contributed by atoms with E-state index < -0.39 is 0 Å². The summed E-state index contributed by atoms with van der Waals surface area (Å²) in [5, 5.41) is 6.34. The normalized spacial score (nSPS) is 22.3. The SMILES string of the molecule is CNC1CCC(N(C)CC(=O)Nc2ccccc2I)CC1. The molecule has 0 bridgehead atoms. The highest BCUT2D eigenvalue weighted by atomic mass is 127. The van der Waals surface area contributed by atoms with E-state index in [2.05, 4.69) is 45.2 Å². The van der Waals surface area contributed by atoms with Gasteiger partial charge >= 0.3 is 0 Å². The van der Waals surface area contributed by atoms with Crippen LogP contribution in [-0.2, 0) is 4.79 Å². The smallest absolute Gasteiger partial charge is 0.238 e. The molecule has 0 aliphatic heterocycles. The Balaban J connectivity index is 1.81. The van der Waals surface area contributed by atoms with Crippen LogP contribution in [0.25, 0.3) is 0 Å². The van der Waals surface area contributed by atoms with Crippen LogP contribution in [-0.4, -0.2) is 43.5 Å². The van der Waals surface area contributed by atoms with Crippen molar-refractivity contribution < 1.29 is 4.79 Å². The first-order chi connectivity index (χ1) is 10.1. The molecular weight excluding hydrogens is 377 g/mol. The zero-order chi connectivity index (χ0) is 15.2. The third kappa shape index (κ3) is 4.93. The number of amides is 1. The molecule has 1 aromatic carbocycles. The zero-order valence-electron chi connectivity index (χ0n) is 12.7. The number of hydrogen-bond acceptors (Lipinski definition) is 3. The van der Waals surface area contributed by atoms with Crippen LogP contribution < -0.4 is 10.6 Å². The van der Waals surface area contributed by atoms with E-state index in [4.69, 9.17) is 0 Å². The minimum absolute atomic E-state index is 0.0670. The molecule has 0 heterocycles. The van der Waals surface area contributed by atoms with E-state index in [-0.39, 0.29) is 5.91 Å². The van der Waals surface area contributed by atoms with Crippen molar-refractivity contribution in [1.82, 2.24) is 10.2 Å². The van der Waals surface area contributed by atoms with Gasteiger partial charge < -0.3 is 10.6 Å². The van der Waals surface area contributed by atoms with E-state index in [0.717, 1.165) is 22.1 Å². The van der Waals surface area contributed by atoms with Crippen molar-refractivity contribution in [2.45, 2.75) is 37.8 Å². The lowest BCUT2D eigenvalue weighted by molar-refractivity contribution is -0.117. The Morgan fingerprint density at radius 2 is 1.95 bits per heavy atom. The van der Waals surface area contributed by atoms with Crippen LogP contribution >= 0.6 is 22.6 Å². The number of hydrogen-bond donors (Lipinski definition) is 2. The average molecular weight is 401 g/mol. The predicted molar refractivity (Wildman–Crippen MR) is 95.5 cm³/mol. The summed E-state index contributed by atoms with van der Waals surface area (Å²) in [4.78, 5) is 14.4. The van der Waals surface area contributed by atoms with Gasteiger partial charge in [-0.05, 0) is 74.5 Å². The number of likely N-dealkylation sites (N-methyl/N-ethyl adjacent to an activating group) is 1. The van der Waals surface area contributed by atoms with E-state index in [1.165, 1.54) is 12.8 Å². The Morgan fingerprint density at radius 1 is 1.29 bits per heavy atom. The first kappa shape index (κ1) is 16.7. The zero-order valence-corrected chi connectivity index (χ0v) is 14.9. The first-order valence-electron chi connectivity index (χ1n) is 7.52. The number of anilines is 1. The molecule has 1 amide bonds. The fraction of sp³-hybridized carbons (Fsp3) is 0.562. The van der Waals surface area contributed by atoms with E-state index in [0.29, 0.717) is 18.6 Å². The largest absolute Gasteiger partial charge is 0.324 e. The second kappa shape index (κ2) is 8.10. The Kier molecular flexibility index (Phi) is 6.44. The van der Waals surface area contributed by atoms with Crippen LogP contribution in [0.5, 0.6) is 0 Å². The Hall–Kier alpha value is -0.660. The average Bonchev–Trinajstić information content (AvgIpc) is 2.49. The molecule has 0 radical (unpaired) electrons. The van der Waals surface area contributed by atoms with Gasteiger partial charge in [0.2, 0.25) is 5.91 Å². The van der Waals surface area contributed by atoms with Gasteiger partial charge in [0.05, 0.1) is 12.2 Å². The van der Waals surface area contributed by atoms with Crippen LogP contribution in [0.2, 0.25) is 0 Å². The van der Waals surface area contributed by atoms with E-state index >= 15 is 0 Å². The van der Waals surface area contributed by atoms with Gasteiger partial charge in [0.1, 0.15) is 0 Å². The minimum atomic E-state index is 0.0670. The summed E-state index contributed by atoms with van der Waals surface area (Å²) < 4.78 is 1.07. The summed E-state index contributed by atoms with van der Waals surface area (Å²) in [7, 11) is 4.09. The van der Waals surface area contributed by atoms with E-state index in [1.807, 2.05) is 31.3 Å². The molecule has 0 saturated heterocycles. The molecule has 0 spiro atoms. The van der Waals surface area contributed by atoms with Gasteiger partial charge in [0.25, 0.3) is 0 Å². The van der Waals surface area contributed by atoms with Gasteiger partial charge in [-0.1, -0.05) is 12.1 Å². The second-order valence-corrected chi connectivity index (χ2v) is 6.90. The van der Waals surface area contributed by atoms with Crippen molar-refractivity contribution >= 4 is 34.2 Å². The molecule has 21 heavy (non-hydrogen) atoms. The topological polar surface area (TPSA) is 44.4 Å². The van der Waals surface area contributed by atoms with Gasteiger partial charge in [-0.2, -0.15) is 0 Å². The Bertz CT molecular complexity index is 472. The Morgan fingerprint density at radius 3 is 2.57 bits per heavy atom. The number of benzene rings is 1. The van der Waals surface area contributed by atoms with Crippen molar-refractivity contribution in [1.29, 1.82) is 0 Å². The molecule has 2 N–H and O–H groups in total. The summed E-state index contributed by atoms with van der Waals surface area (Å²) in [5.41, 5.74) is 0.899. The maximum atomic E-state index is 12.2. The molecule has 1 aliphatic rings. The number of nitrogens with zero attached hydrogens (tertiary/aromatic N) is 1. The molecule has 0 aromatic heterocycles. The highest BCUT2D eigenvalue weighted by Gasteiger charge is 2.24. The number of rotatable bonds is 5. The predicted octanol–water partition coefficient (Wildman–Crippen LogP) is 2.69. The number of halogens is 1. The van der Waals surface area contributed by atoms with Gasteiger partial charge in [0.15, 0.2) is 0 Å². The molecule has 0 unspecified atom stereocenters. The second-order valence-electron chi connectivity index (χ2n) is 5.74. The quantitative estimate of drug-likeness (QED) is 0.746. The molecule has 1 aliphatic carbocycles. The highest BCUT2D eigenvalue weighted by molar-refractivity contribution is 14.1. The summed E-state index contributed by atoms with van der Waals surface area (Å²) in [6.45, 7) is 0.458. The van der Waals surface area contributed by atoms with E-state index in [1.54, 1.807) is 0 Å². The van der Waals surface area contributed by atoms with Crippen molar-refractivity contribution in [3.05, 3.63) is 27.8 Å². The number of carbonyl (C=O) groups is 1. The van der Waals surface area contributed by atoms with Gasteiger partial charge in [0, 0.05) is 15.7 Å². The molecule has 5 heteroatoms. The van der Waals surface area contributed by atoms with Crippen molar-refractivity contribution in [2.75, 3.05) is 26.0 Å². The summed E-state index contributed by atoms with van der Waals surface area (Å²) >= 11 is 2.24. The fourth-order valence-corrected chi connectivity index (χ4v) is 3.44. The van der Waals surface area contributed by atoms with Crippen LogP contribution in [0.4, 0.5) is 5.69 Å². The molecular formula is C16H24IN3O. The number of nitrogens with one attached hydrogen (secondary N) is 2. The molecule has 116 valence electrons. The lowest BCUT2D eigenvalue weighted by atomic mass is 9.90. The van der Waals surface area contributed by atoms with Crippen LogP contribution in [0.3, 0.4) is 0 Å². The lowest BCUT2D eigenvalue weighted by Crippen LogP contribution is -2.42. The van der Waals surface area contributed by atoms with Crippen molar-refractivity contribution in [3.63, 3.8) is 0 Å². The first-order valence-corrected chi connectivity index (χ1v) is 8.60. The number of para-hydroxylation sites is 1. The molecule has 4 nitrogen and oxygen atoms in total. The third-order valence-electron chi connectivity index (χ3n) is 4.27. The van der Waals surface area contributed by atoms with Gasteiger partial charge in [-0.25, -0.2) is 0 Å². The van der Waals surface area contributed by atoms with Crippen molar-refractivity contribution in [2.24, 2.45) is 0 Å². The highest BCUT2D eigenvalue weighted by Crippen LogP contribution is 2.22. The summed E-state index contributed by atoms with van der Waals surface area (Å²) in [6, 6.07) is 9.03. The molecule has 1 aromatic rings. The standard InChI is InChI=1S/C16H24IN3O/c1-18-12-7-9-13(10-8-12)20(2)11-16(21)19-15-6-4-3-5-14(15)17/h3-6,12-13,18H,7-11H2,1-2H3,(H,19,21). The Labute approximate surface area is 140 Å². The van der Waals surface area contributed by atoms with Gasteiger partial charge in [-0.15, -0.1) is 0 Å². The summed E-state index contributed by atoms with van der Waals surface area (Å²) in [5.74, 6) is 0.0670. The molecule has 2 rings (SSSR count). The number of carbonyl (C=O) groups excluding carboxylic acids is 1. The van der Waals surface area contributed by atoms with Crippen molar-refractivity contribution in [3.8, 4) is 0 Å². The van der Waals surface area contributed by atoms with Gasteiger partial charge in [-0.3, -0.25) is 9.69 Å². The molecule has 0 atom stereocenters. The third-order valence-corrected chi connectivity index (χ3v) is 5.21. The fourth-order valence-electron chi connectivity index (χ4n) is 2.91. The van der Waals surface area contributed by atoms with E-state index in [9.17, 15) is 4.79 Å². The lowest BCUT2D eigenvalue weighted by Gasteiger charge is -2.34. The van der Waals surface area contributed by atoms with Crippen LogP contribution in [0.15, 0.2) is 24.3 Å². The van der Waals surface area contributed by atoms with Crippen LogP contribution in [0.1, 0.15) is 25.7 Å². The maximum Gasteiger partial charge on any atom is 0.238 e. The monoisotopic (exact) mass is 401 g/mol. The summed E-state index contributed by atoms with van der Waals surface area (Å²) in [6.07, 6.45) is 4.73. The maximum absolute atomic E-state index is 12.2. The molecule has 1 saturated carbocycles.